The molecular weight excluding hydrogens is 356 g/mol. The molecule has 5 nitrogen and oxygen atoms in total. The summed E-state index contributed by atoms with van der Waals surface area (Å²) in [6, 6.07) is 0. The van der Waals surface area contributed by atoms with Gasteiger partial charge in [0.25, 0.3) is 0 Å². The van der Waals surface area contributed by atoms with Crippen molar-refractivity contribution in [1.82, 2.24) is 0 Å². The van der Waals surface area contributed by atoms with Crippen LogP contribution < -0.4 is 0 Å². The van der Waals surface area contributed by atoms with Crippen molar-refractivity contribution in [2.24, 2.45) is 22.7 Å². The normalized spacial score (nSPS) is 44.6. The monoisotopic (exact) mass is 386 g/mol. The third-order valence-electron chi connectivity index (χ3n) is 8.40. The zero-order chi connectivity index (χ0) is 20.5. The van der Waals surface area contributed by atoms with Gasteiger partial charge in [-0.1, -0.05) is 31.1 Å². The molecule has 0 radical (unpaired) electrons. The molecule has 5 heteroatoms. The second-order valence-electron chi connectivity index (χ2n) is 9.69. The van der Waals surface area contributed by atoms with E-state index in [1.54, 1.807) is 6.08 Å². The second kappa shape index (κ2) is 6.12. The van der Waals surface area contributed by atoms with Crippen molar-refractivity contribution in [3.63, 3.8) is 0 Å². The SMILES string of the molecule is CC(=O)OC1C[C@@]2(C)C(=CC1=O)CC[C@@H]1C2=CC[C@@]2(C)[C@H]1CC[C@]2(O)C(C)=O. The average molecular weight is 386 g/mol. The Kier molecular flexibility index (Phi) is 4.28. The molecular formula is C23H30O5. The van der Waals surface area contributed by atoms with Crippen LogP contribution in [0.15, 0.2) is 23.3 Å². The van der Waals surface area contributed by atoms with E-state index in [4.69, 9.17) is 4.74 Å². The molecule has 0 spiro atoms. The Bertz CT molecular complexity index is 823. The number of aliphatic hydroxyl groups is 1. The van der Waals surface area contributed by atoms with Crippen molar-refractivity contribution in [3.8, 4) is 0 Å². The molecule has 1 N–H and O–H groups in total. The van der Waals surface area contributed by atoms with Gasteiger partial charge in [0.2, 0.25) is 0 Å². The van der Waals surface area contributed by atoms with Gasteiger partial charge in [-0.3, -0.25) is 14.4 Å². The second-order valence-corrected chi connectivity index (χ2v) is 9.69. The number of Topliss-reactive ketones (excluding diaryl/α,β-unsaturated/α-hetero) is 1. The van der Waals surface area contributed by atoms with Gasteiger partial charge in [-0.05, 0) is 56.9 Å². The van der Waals surface area contributed by atoms with Crippen molar-refractivity contribution in [2.45, 2.75) is 77.9 Å². The summed E-state index contributed by atoms with van der Waals surface area (Å²) in [5.74, 6) is -0.131. The summed E-state index contributed by atoms with van der Waals surface area (Å²) < 4.78 is 5.32. The zero-order valence-corrected chi connectivity index (χ0v) is 17.2. The lowest BCUT2D eigenvalue weighted by molar-refractivity contribution is -0.153. The van der Waals surface area contributed by atoms with Gasteiger partial charge in [0.05, 0.1) is 0 Å². The predicted octanol–water partition coefficient (Wildman–Crippen LogP) is 3.30. The lowest BCUT2D eigenvalue weighted by Gasteiger charge is -2.54. The molecule has 0 saturated heterocycles. The Labute approximate surface area is 166 Å². The molecule has 0 amide bonds. The summed E-state index contributed by atoms with van der Waals surface area (Å²) in [6.07, 6.45) is 7.47. The molecule has 4 aliphatic rings. The van der Waals surface area contributed by atoms with Crippen LogP contribution in [0.1, 0.15) is 66.2 Å². The number of ether oxygens (including phenoxy) is 1. The van der Waals surface area contributed by atoms with Gasteiger partial charge in [0, 0.05) is 24.2 Å². The Morgan fingerprint density at radius 2 is 1.93 bits per heavy atom. The average Bonchev–Trinajstić information content (AvgIpc) is 2.88. The standard InChI is InChI=1S/C23H30O5/c1-13(24)23(27)10-8-18-16-6-5-15-11-19(26)20(28-14(2)25)12-21(15,3)17(16)7-9-22(18,23)4/h7,11,16,18,20,27H,5-6,8-10,12H2,1-4H3/t16-,18+,20?,21+,22+,23+/m1/s1. The highest BCUT2D eigenvalue weighted by Crippen LogP contribution is 2.65. The van der Waals surface area contributed by atoms with E-state index in [9.17, 15) is 19.5 Å². The summed E-state index contributed by atoms with van der Waals surface area (Å²) in [7, 11) is 0. The van der Waals surface area contributed by atoms with Crippen LogP contribution in [-0.4, -0.2) is 34.3 Å². The highest BCUT2D eigenvalue weighted by atomic mass is 16.5. The summed E-state index contributed by atoms with van der Waals surface area (Å²) in [4.78, 5) is 36.2. The predicted molar refractivity (Wildman–Crippen MR) is 103 cm³/mol. The van der Waals surface area contributed by atoms with E-state index >= 15 is 0 Å². The fourth-order valence-corrected chi connectivity index (χ4v) is 6.79. The minimum atomic E-state index is -1.25. The summed E-state index contributed by atoms with van der Waals surface area (Å²) in [5, 5.41) is 11.2. The molecule has 152 valence electrons. The van der Waals surface area contributed by atoms with Crippen LogP contribution in [0, 0.1) is 22.7 Å². The quantitative estimate of drug-likeness (QED) is 0.582. The van der Waals surface area contributed by atoms with Crippen LogP contribution in [-0.2, 0) is 19.1 Å². The van der Waals surface area contributed by atoms with Crippen molar-refractivity contribution < 1.29 is 24.2 Å². The molecule has 4 aliphatic carbocycles. The summed E-state index contributed by atoms with van der Waals surface area (Å²) in [5.41, 5.74) is 0.454. The maximum atomic E-state index is 12.4. The maximum Gasteiger partial charge on any atom is 0.303 e. The van der Waals surface area contributed by atoms with Gasteiger partial charge in [-0.15, -0.1) is 0 Å². The molecule has 28 heavy (non-hydrogen) atoms. The van der Waals surface area contributed by atoms with E-state index in [2.05, 4.69) is 19.9 Å². The van der Waals surface area contributed by atoms with Crippen molar-refractivity contribution in [2.75, 3.05) is 0 Å². The first-order valence-electron chi connectivity index (χ1n) is 10.4. The molecule has 0 aromatic heterocycles. The van der Waals surface area contributed by atoms with Gasteiger partial charge in [0.1, 0.15) is 5.60 Å². The number of rotatable bonds is 2. The Hall–Kier alpha value is -1.75. The highest BCUT2D eigenvalue weighted by Gasteiger charge is 2.63. The first kappa shape index (κ1) is 19.6. The van der Waals surface area contributed by atoms with E-state index in [1.807, 2.05) is 0 Å². The fraction of sp³-hybridized carbons (Fsp3) is 0.696. The van der Waals surface area contributed by atoms with Crippen LogP contribution in [0.3, 0.4) is 0 Å². The number of ketones is 2. The molecule has 4 rings (SSSR count). The van der Waals surface area contributed by atoms with Gasteiger partial charge < -0.3 is 9.84 Å². The number of carbonyl (C=O) groups excluding carboxylic acids is 3. The smallest absolute Gasteiger partial charge is 0.303 e. The van der Waals surface area contributed by atoms with Gasteiger partial charge in [0.15, 0.2) is 17.7 Å². The third-order valence-corrected chi connectivity index (χ3v) is 8.40. The van der Waals surface area contributed by atoms with E-state index in [0.717, 1.165) is 24.8 Å². The molecule has 0 bridgehead atoms. The van der Waals surface area contributed by atoms with Gasteiger partial charge in [-0.2, -0.15) is 0 Å². The fourth-order valence-electron chi connectivity index (χ4n) is 6.79. The maximum absolute atomic E-state index is 12.4. The van der Waals surface area contributed by atoms with E-state index in [1.165, 1.54) is 19.4 Å². The topological polar surface area (TPSA) is 80.7 Å². The number of allylic oxidation sites excluding steroid dienone is 3. The molecule has 6 atom stereocenters. The molecule has 2 fully saturated rings. The lowest BCUT2D eigenvalue weighted by Crippen LogP contribution is -2.54. The van der Waals surface area contributed by atoms with Crippen LogP contribution in [0.2, 0.25) is 0 Å². The lowest BCUT2D eigenvalue weighted by atomic mass is 9.50. The van der Waals surface area contributed by atoms with Crippen LogP contribution >= 0.6 is 0 Å². The van der Waals surface area contributed by atoms with Gasteiger partial charge in [-0.25, -0.2) is 0 Å². The number of esters is 1. The summed E-state index contributed by atoms with van der Waals surface area (Å²) >= 11 is 0. The molecule has 0 aliphatic heterocycles. The highest BCUT2D eigenvalue weighted by molar-refractivity contribution is 5.97. The summed E-state index contributed by atoms with van der Waals surface area (Å²) in [6.45, 7) is 7.07. The number of carbonyl (C=O) groups is 3. The Morgan fingerprint density at radius 1 is 1.21 bits per heavy atom. The molecule has 1 unspecified atom stereocenters. The van der Waals surface area contributed by atoms with E-state index in [0.29, 0.717) is 25.2 Å². The first-order valence-corrected chi connectivity index (χ1v) is 10.4. The van der Waals surface area contributed by atoms with Gasteiger partial charge >= 0.3 is 5.97 Å². The molecule has 0 heterocycles. The van der Waals surface area contributed by atoms with E-state index < -0.39 is 23.1 Å². The van der Waals surface area contributed by atoms with Crippen LogP contribution in [0.25, 0.3) is 0 Å². The number of hydrogen-bond donors (Lipinski definition) is 1. The minimum Gasteiger partial charge on any atom is -0.454 e. The Morgan fingerprint density at radius 3 is 2.57 bits per heavy atom. The van der Waals surface area contributed by atoms with Crippen molar-refractivity contribution >= 4 is 17.5 Å². The van der Waals surface area contributed by atoms with E-state index in [-0.39, 0.29) is 22.9 Å². The third kappa shape index (κ3) is 2.44. The zero-order valence-electron chi connectivity index (χ0n) is 17.2. The first-order chi connectivity index (χ1) is 13.0. The minimum absolute atomic E-state index is 0.116. The van der Waals surface area contributed by atoms with Crippen molar-refractivity contribution in [1.29, 1.82) is 0 Å². The van der Waals surface area contributed by atoms with Crippen LogP contribution in [0.5, 0.6) is 0 Å². The molecule has 2 saturated carbocycles. The molecule has 0 aromatic carbocycles. The van der Waals surface area contributed by atoms with Crippen molar-refractivity contribution in [3.05, 3.63) is 23.3 Å². The largest absolute Gasteiger partial charge is 0.454 e. The number of hydrogen-bond acceptors (Lipinski definition) is 5. The molecule has 0 aromatic rings. The number of fused-ring (bicyclic) bond motifs is 5. The van der Waals surface area contributed by atoms with Crippen LogP contribution in [0.4, 0.5) is 0 Å². The Balaban J connectivity index is 1.73.